The number of aromatic nitrogens is 4. The van der Waals surface area contributed by atoms with Gasteiger partial charge in [0.25, 0.3) is 0 Å². The van der Waals surface area contributed by atoms with Crippen molar-refractivity contribution in [1.82, 2.24) is 20.2 Å². The van der Waals surface area contributed by atoms with Gasteiger partial charge in [0, 0.05) is 48.7 Å². The van der Waals surface area contributed by atoms with Gasteiger partial charge in [0.2, 0.25) is 5.95 Å². The molecule has 3 N–H and O–H groups in total. The minimum atomic E-state index is -1.16. The second kappa shape index (κ2) is 12.1. The number of halogens is 2. The van der Waals surface area contributed by atoms with Gasteiger partial charge in [-0.15, -0.1) is 11.6 Å². The fourth-order valence-corrected chi connectivity index (χ4v) is 4.45. The zero-order valence-corrected chi connectivity index (χ0v) is 21.1. The molecule has 9 nitrogen and oxygen atoms in total. The Kier molecular flexibility index (Phi) is 8.69. The van der Waals surface area contributed by atoms with E-state index in [1.165, 1.54) is 11.6 Å². The molecule has 1 aliphatic carbocycles. The van der Waals surface area contributed by atoms with Crippen LogP contribution in [0.5, 0.6) is 0 Å². The molecule has 4 rings (SSSR count). The zero-order valence-electron chi connectivity index (χ0n) is 20.4. The van der Waals surface area contributed by atoms with Crippen molar-refractivity contribution in [1.29, 1.82) is 0 Å². The van der Waals surface area contributed by atoms with Gasteiger partial charge in [-0.05, 0) is 38.7 Å². The number of hydrogen-bond acceptors (Lipinski definition) is 8. The molecule has 0 spiro atoms. The number of nitrogens with zero attached hydrogens (tertiary/aromatic N) is 4. The maximum Gasteiger partial charge on any atom is 0.339 e. The van der Waals surface area contributed by atoms with E-state index >= 15 is 0 Å². The summed E-state index contributed by atoms with van der Waals surface area (Å²) in [7, 11) is 0. The van der Waals surface area contributed by atoms with Crippen LogP contribution in [0.25, 0.3) is 0 Å². The average molecular weight is 516 g/mol. The quantitative estimate of drug-likeness (QED) is 0.190. The number of rotatable bonds is 10. The van der Waals surface area contributed by atoms with Crippen LogP contribution < -0.4 is 10.6 Å². The van der Waals surface area contributed by atoms with E-state index in [1.54, 1.807) is 25.4 Å². The highest BCUT2D eigenvalue weighted by Crippen LogP contribution is 2.29. The SMILES string of the molecule is CCOC(=O)C1=CC(c2cnc(NC3C=CC(F)C(Cl)C3)nc2NCCCc2cn[nH]c2C)CN=C1. The summed E-state index contributed by atoms with van der Waals surface area (Å²) < 4.78 is 18.8. The van der Waals surface area contributed by atoms with E-state index in [2.05, 4.69) is 30.8 Å². The van der Waals surface area contributed by atoms with Crippen LogP contribution in [0.4, 0.5) is 16.2 Å². The number of anilines is 2. The van der Waals surface area contributed by atoms with Crippen LogP contribution in [0.2, 0.25) is 0 Å². The predicted octanol–water partition coefficient (Wildman–Crippen LogP) is 3.90. The maximum absolute atomic E-state index is 13.7. The Morgan fingerprint density at radius 2 is 2.19 bits per heavy atom. The summed E-state index contributed by atoms with van der Waals surface area (Å²) in [6, 6.07) is -0.170. The van der Waals surface area contributed by atoms with Crippen LogP contribution in [0.1, 0.15) is 42.5 Å². The number of aliphatic imine (C=N–C) groups is 1. The summed E-state index contributed by atoms with van der Waals surface area (Å²) in [5.41, 5.74) is 3.49. The number of ether oxygens (including phenoxy) is 1. The van der Waals surface area contributed by atoms with Crippen molar-refractivity contribution in [2.24, 2.45) is 4.99 Å². The molecule has 2 aromatic heterocycles. The standard InChI is InChI=1S/C25H31ClFN7O2/c1-3-36-24(35)18-9-17(11-28-12-18)20-14-30-25(32-19-6-7-22(27)21(26)10-19)33-23(20)29-8-4-5-16-13-31-34-15(16)2/h6-7,9,12-14,17,19,21-22H,3-5,8,10-11H2,1-2H3,(H,31,34)(H2,29,30,32,33). The summed E-state index contributed by atoms with van der Waals surface area (Å²) in [5, 5.41) is 13.1. The number of carbonyl (C=O) groups excluding carboxylic acids is 1. The van der Waals surface area contributed by atoms with E-state index in [-0.39, 0.29) is 12.0 Å². The van der Waals surface area contributed by atoms with Gasteiger partial charge in [-0.1, -0.05) is 18.2 Å². The van der Waals surface area contributed by atoms with Crippen molar-refractivity contribution in [2.45, 2.75) is 56.6 Å². The Morgan fingerprint density at radius 1 is 1.33 bits per heavy atom. The van der Waals surface area contributed by atoms with E-state index in [9.17, 15) is 9.18 Å². The first-order valence-electron chi connectivity index (χ1n) is 12.2. The molecule has 3 heterocycles. The van der Waals surface area contributed by atoms with Gasteiger partial charge in [-0.25, -0.2) is 14.2 Å². The fourth-order valence-electron chi connectivity index (χ4n) is 4.17. The Hall–Kier alpha value is -3.27. The van der Waals surface area contributed by atoms with E-state index in [0.29, 0.717) is 43.5 Å². The molecule has 4 atom stereocenters. The number of aryl methyl sites for hydroxylation is 2. The first-order chi connectivity index (χ1) is 17.4. The van der Waals surface area contributed by atoms with Crippen LogP contribution in [-0.4, -0.2) is 69.6 Å². The van der Waals surface area contributed by atoms with Crippen LogP contribution in [-0.2, 0) is 16.0 Å². The summed E-state index contributed by atoms with van der Waals surface area (Å²) in [5.74, 6) is 0.484. The second-order valence-electron chi connectivity index (χ2n) is 8.82. The molecule has 0 radical (unpaired) electrons. The molecule has 0 saturated heterocycles. The molecular formula is C25H31ClFN7O2. The summed E-state index contributed by atoms with van der Waals surface area (Å²) in [6.07, 6.45) is 11.2. The predicted molar refractivity (Wildman–Crippen MR) is 139 cm³/mol. The van der Waals surface area contributed by atoms with Gasteiger partial charge in [-0.2, -0.15) is 10.1 Å². The monoisotopic (exact) mass is 515 g/mol. The third kappa shape index (κ3) is 6.48. The normalized spacial score (nSPS) is 23.3. The van der Waals surface area contributed by atoms with Crippen molar-refractivity contribution in [3.63, 3.8) is 0 Å². The molecule has 0 saturated carbocycles. The molecule has 1 aliphatic heterocycles. The van der Waals surface area contributed by atoms with Crippen LogP contribution >= 0.6 is 11.6 Å². The Labute approximate surface area is 214 Å². The number of allylic oxidation sites excluding steroid dienone is 1. The lowest BCUT2D eigenvalue weighted by Crippen LogP contribution is -2.30. The number of alkyl halides is 2. The molecule has 2 aliphatic rings. The van der Waals surface area contributed by atoms with Crippen molar-refractivity contribution >= 4 is 35.6 Å². The summed E-state index contributed by atoms with van der Waals surface area (Å²) in [4.78, 5) is 25.8. The zero-order chi connectivity index (χ0) is 25.5. The van der Waals surface area contributed by atoms with Crippen molar-refractivity contribution < 1.29 is 13.9 Å². The van der Waals surface area contributed by atoms with Crippen molar-refractivity contribution in [3.8, 4) is 0 Å². The fraction of sp³-hybridized carbons (Fsp3) is 0.480. The number of H-pyrrole nitrogens is 1. The first-order valence-corrected chi connectivity index (χ1v) is 12.6. The highest BCUT2D eigenvalue weighted by molar-refractivity contribution is 6.21. The molecule has 36 heavy (non-hydrogen) atoms. The Bertz CT molecular complexity index is 1150. The van der Waals surface area contributed by atoms with Crippen LogP contribution in [0.15, 0.2) is 41.2 Å². The van der Waals surface area contributed by atoms with Gasteiger partial charge in [-0.3, -0.25) is 10.1 Å². The summed E-state index contributed by atoms with van der Waals surface area (Å²) >= 11 is 6.10. The van der Waals surface area contributed by atoms with E-state index in [1.807, 2.05) is 19.2 Å². The third-order valence-electron chi connectivity index (χ3n) is 6.16. The number of aromatic amines is 1. The number of hydrogen-bond donors (Lipinski definition) is 3. The minimum absolute atomic E-state index is 0.170. The molecule has 11 heteroatoms. The number of dihydropyridines is 1. The largest absolute Gasteiger partial charge is 0.462 e. The second-order valence-corrected chi connectivity index (χ2v) is 9.38. The molecule has 0 fully saturated rings. The molecule has 0 aromatic carbocycles. The average Bonchev–Trinajstić information content (AvgIpc) is 3.29. The molecule has 192 valence electrons. The first kappa shape index (κ1) is 25.8. The highest BCUT2D eigenvalue weighted by Gasteiger charge is 2.26. The number of esters is 1. The number of nitrogens with one attached hydrogen (secondary N) is 3. The van der Waals surface area contributed by atoms with Crippen LogP contribution in [0.3, 0.4) is 0 Å². The molecule has 0 bridgehead atoms. The van der Waals surface area contributed by atoms with E-state index in [0.717, 1.165) is 24.1 Å². The van der Waals surface area contributed by atoms with Gasteiger partial charge in [0.1, 0.15) is 12.0 Å². The van der Waals surface area contributed by atoms with E-state index < -0.39 is 17.5 Å². The Balaban J connectivity index is 1.52. The van der Waals surface area contributed by atoms with Gasteiger partial charge in [0.15, 0.2) is 0 Å². The Morgan fingerprint density at radius 3 is 2.94 bits per heavy atom. The molecule has 0 amide bonds. The summed E-state index contributed by atoms with van der Waals surface area (Å²) in [6.45, 7) is 5.21. The number of carbonyl (C=O) groups is 1. The lowest BCUT2D eigenvalue weighted by atomic mass is 9.96. The minimum Gasteiger partial charge on any atom is -0.462 e. The highest BCUT2D eigenvalue weighted by atomic mass is 35.5. The van der Waals surface area contributed by atoms with Gasteiger partial charge in [0.05, 0.1) is 23.8 Å². The van der Waals surface area contributed by atoms with Gasteiger partial charge < -0.3 is 15.4 Å². The molecular weight excluding hydrogens is 485 g/mol. The van der Waals surface area contributed by atoms with Crippen molar-refractivity contribution in [3.05, 3.63) is 53.0 Å². The third-order valence-corrected chi connectivity index (χ3v) is 6.58. The lowest BCUT2D eigenvalue weighted by Gasteiger charge is -2.25. The molecule has 2 aromatic rings. The molecule has 4 unspecified atom stereocenters. The van der Waals surface area contributed by atoms with Crippen molar-refractivity contribution in [2.75, 3.05) is 30.3 Å². The van der Waals surface area contributed by atoms with Gasteiger partial charge >= 0.3 is 5.97 Å². The smallest absolute Gasteiger partial charge is 0.339 e. The van der Waals surface area contributed by atoms with Crippen LogP contribution in [0, 0.1) is 6.92 Å². The maximum atomic E-state index is 13.7. The van der Waals surface area contributed by atoms with E-state index in [4.69, 9.17) is 21.3 Å². The lowest BCUT2D eigenvalue weighted by molar-refractivity contribution is -0.137. The topological polar surface area (TPSA) is 117 Å².